The third-order valence-corrected chi connectivity index (χ3v) is 4.08. The van der Waals surface area contributed by atoms with Gasteiger partial charge in [0.1, 0.15) is 11.6 Å². The van der Waals surface area contributed by atoms with Gasteiger partial charge in [0.05, 0.1) is 6.04 Å². The molecule has 3 nitrogen and oxygen atoms in total. The number of carbonyl (C=O) groups is 1. The zero-order valence-corrected chi connectivity index (χ0v) is 14.5. The second kappa shape index (κ2) is 8.30. The van der Waals surface area contributed by atoms with Crippen molar-refractivity contribution in [3.8, 4) is 16.9 Å². The number of benzene rings is 3. The molecule has 4 heteroatoms. The molecule has 0 aromatic heterocycles. The van der Waals surface area contributed by atoms with Crippen LogP contribution in [0, 0.1) is 5.82 Å². The molecule has 0 radical (unpaired) electrons. The third-order valence-electron chi connectivity index (χ3n) is 4.08. The van der Waals surface area contributed by atoms with Gasteiger partial charge in [0.25, 0.3) is 5.91 Å². The lowest BCUT2D eigenvalue weighted by molar-refractivity contribution is -0.123. The van der Waals surface area contributed by atoms with Crippen LogP contribution in [-0.4, -0.2) is 12.5 Å². The molecule has 0 spiro atoms. The van der Waals surface area contributed by atoms with Crippen molar-refractivity contribution in [3.63, 3.8) is 0 Å². The number of para-hydroxylation sites is 1. The minimum Gasteiger partial charge on any atom is -0.483 e. The summed E-state index contributed by atoms with van der Waals surface area (Å²) in [5.74, 6) is 0.126. The molecule has 1 atom stereocenters. The Bertz CT molecular complexity index is 863. The highest BCUT2D eigenvalue weighted by molar-refractivity contribution is 5.78. The summed E-state index contributed by atoms with van der Waals surface area (Å²) in [4.78, 5) is 12.2. The van der Waals surface area contributed by atoms with Crippen molar-refractivity contribution >= 4 is 5.91 Å². The van der Waals surface area contributed by atoms with E-state index in [9.17, 15) is 9.18 Å². The second-order valence-electron chi connectivity index (χ2n) is 5.99. The summed E-state index contributed by atoms with van der Waals surface area (Å²) in [5, 5.41) is 2.86. The second-order valence-corrected chi connectivity index (χ2v) is 5.99. The molecule has 132 valence electrons. The van der Waals surface area contributed by atoms with Crippen molar-refractivity contribution in [2.45, 2.75) is 13.0 Å². The topological polar surface area (TPSA) is 38.3 Å². The first kappa shape index (κ1) is 17.7. The molecule has 0 heterocycles. The summed E-state index contributed by atoms with van der Waals surface area (Å²) >= 11 is 0. The SMILES string of the molecule is C[C@H](NC(=O)COc1ccccc1-c1ccccc1)c1ccc(F)cc1. The van der Waals surface area contributed by atoms with Gasteiger partial charge in [0, 0.05) is 5.56 Å². The van der Waals surface area contributed by atoms with Gasteiger partial charge >= 0.3 is 0 Å². The number of ether oxygens (including phenoxy) is 1. The van der Waals surface area contributed by atoms with E-state index in [0.29, 0.717) is 5.75 Å². The smallest absolute Gasteiger partial charge is 0.258 e. The number of amides is 1. The van der Waals surface area contributed by atoms with E-state index in [1.54, 1.807) is 12.1 Å². The standard InChI is InChI=1S/C22H20FNO2/c1-16(17-11-13-19(23)14-12-17)24-22(25)15-26-21-10-6-5-9-20(21)18-7-3-2-4-8-18/h2-14,16H,15H2,1H3,(H,24,25)/t16-/m0/s1. The zero-order chi connectivity index (χ0) is 18.4. The highest BCUT2D eigenvalue weighted by Crippen LogP contribution is 2.29. The Balaban J connectivity index is 1.62. The molecule has 0 aliphatic heterocycles. The van der Waals surface area contributed by atoms with Crippen LogP contribution in [0.4, 0.5) is 4.39 Å². The fraction of sp³-hybridized carbons (Fsp3) is 0.136. The number of nitrogens with one attached hydrogen (secondary N) is 1. The quantitative estimate of drug-likeness (QED) is 0.697. The van der Waals surface area contributed by atoms with Crippen LogP contribution in [0.25, 0.3) is 11.1 Å². The van der Waals surface area contributed by atoms with Crippen LogP contribution >= 0.6 is 0 Å². The van der Waals surface area contributed by atoms with E-state index >= 15 is 0 Å². The average Bonchev–Trinajstić information content (AvgIpc) is 2.68. The van der Waals surface area contributed by atoms with Crippen LogP contribution in [-0.2, 0) is 4.79 Å². The first-order valence-electron chi connectivity index (χ1n) is 8.45. The molecule has 3 aromatic carbocycles. The van der Waals surface area contributed by atoms with E-state index < -0.39 is 0 Å². The molecule has 0 saturated carbocycles. The Morgan fingerprint density at radius 1 is 0.962 bits per heavy atom. The van der Waals surface area contributed by atoms with Crippen molar-refractivity contribution in [3.05, 3.63) is 90.2 Å². The lowest BCUT2D eigenvalue weighted by atomic mass is 10.1. The highest BCUT2D eigenvalue weighted by Gasteiger charge is 2.12. The van der Waals surface area contributed by atoms with Gasteiger partial charge in [-0.3, -0.25) is 4.79 Å². The summed E-state index contributed by atoms with van der Waals surface area (Å²) in [6.45, 7) is 1.76. The Kier molecular flexibility index (Phi) is 5.64. The van der Waals surface area contributed by atoms with Crippen molar-refractivity contribution in [1.29, 1.82) is 0 Å². The molecule has 3 aromatic rings. The van der Waals surface area contributed by atoms with Crippen LogP contribution in [0.5, 0.6) is 5.75 Å². The van der Waals surface area contributed by atoms with Crippen LogP contribution in [0.1, 0.15) is 18.5 Å². The normalized spacial score (nSPS) is 11.6. The number of rotatable bonds is 6. The Morgan fingerprint density at radius 3 is 2.35 bits per heavy atom. The maximum absolute atomic E-state index is 13.0. The maximum atomic E-state index is 13.0. The lowest BCUT2D eigenvalue weighted by Gasteiger charge is -2.16. The lowest BCUT2D eigenvalue weighted by Crippen LogP contribution is -2.31. The number of hydrogen-bond donors (Lipinski definition) is 1. The average molecular weight is 349 g/mol. The predicted octanol–water partition coefficient (Wildman–Crippen LogP) is 4.75. The van der Waals surface area contributed by atoms with Crippen LogP contribution in [0.15, 0.2) is 78.9 Å². The van der Waals surface area contributed by atoms with E-state index in [-0.39, 0.29) is 24.4 Å². The minimum atomic E-state index is -0.298. The molecule has 1 N–H and O–H groups in total. The van der Waals surface area contributed by atoms with E-state index in [0.717, 1.165) is 16.7 Å². The van der Waals surface area contributed by atoms with E-state index in [2.05, 4.69) is 5.32 Å². The summed E-state index contributed by atoms with van der Waals surface area (Å²) in [6.07, 6.45) is 0. The van der Waals surface area contributed by atoms with Gasteiger partial charge in [-0.15, -0.1) is 0 Å². The summed E-state index contributed by atoms with van der Waals surface area (Å²) in [5.41, 5.74) is 2.81. The zero-order valence-electron chi connectivity index (χ0n) is 14.5. The van der Waals surface area contributed by atoms with Crippen molar-refractivity contribution < 1.29 is 13.9 Å². The molecular formula is C22H20FNO2. The molecule has 0 aliphatic carbocycles. The Hall–Kier alpha value is -3.14. The van der Waals surface area contributed by atoms with Crippen LogP contribution < -0.4 is 10.1 Å². The third kappa shape index (κ3) is 4.48. The van der Waals surface area contributed by atoms with Crippen LogP contribution in [0.3, 0.4) is 0 Å². The molecule has 26 heavy (non-hydrogen) atoms. The van der Waals surface area contributed by atoms with Gasteiger partial charge in [-0.25, -0.2) is 4.39 Å². The van der Waals surface area contributed by atoms with Gasteiger partial charge < -0.3 is 10.1 Å². The van der Waals surface area contributed by atoms with Gasteiger partial charge in [0.2, 0.25) is 0 Å². The Morgan fingerprint density at radius 2 is 1.62 bits per heavy atom. The first-order valence-corrected chi connectivity index (χ1v) is 8.45. The van der Waals surface area contributed by atoms with Gasteiger partial charge in [-0.2, -0.15) is 0 Å². The largest absolute Gasteiger partial charge is 0.483 e. The fourth-order valence-electron chi connectivity index (χ4n) is 2.71. The minimum absolute atomic E-state index is 0.0879. The molecule has 0 aliphatic rings. The van der Waals surface area contributed by atoms with Crippen molar-refractivity contribution in [1.82, 2.24) is 5.32 Å². The van der Waals surface area contributed by atoms with E-state index in [1.807, 2.05) is 61.5 Å². The van der Waals surface area contributed by atoms with Crippen LogP contribution in [0.2, 0.25) is 0 Å². The molecule has 0 fully saturated rings. The fourth-order valence-corrected chi connectivity index (χ4v) is 2.71. The van der Waals surface area contributed by atoms with Gasteiger partial charge in [0.15, 0.2) is 6.61 Å². The number of hydrogen-bond acceptors (Lipinski definition) is 2. The highest BCUT2D eigenvalue weighted by atomic mass is 19.1. The van der Waals surface area contributed by atoms with Gasteiger partial charge in [-0.05, 0) is 36.2 Å². The summed E-state index contributed by atoms with van der Waals surface area (Å²) < 4.78 is 18.7. The Labute approximate surface area is 152 Å². The summed E-state index contributed by atoms with van der Waals surface area (Å²) in [7, 11) is 0. The molecule has 0 bridgehead atoms. The monoisotopic (exact) mass is 349 g/mol. The van der Waals surface area contributed by atoms with E-state index in [1.165, 1.54) is 12.1 Å². The summed E-state index contributed by atoms with van der Waals surface area (Å²) in [6, 6.07) is 23.3. The van der Waals surface area contributed by atoms with Gasteiger partial charge in [-0.1, -0.05) is 60.7 Å². The maximum Gasteiger partial charge on any atom is 0.258 e. The molecule has 3 rings (SSSR count). The molecule has 0 unspecified atom stereocenters. The van der Waals surface area contributed by atoms with Crippen molar-refractivity contribution in [2.75, 3.05) is 6.61 Å². The molecular weight excluding hydrogens is 329 g/mol. The molecule has 1 amide bonds. The number of halogens is 1. The predicted molar refractivity (Wildman–Crippen MR) is 100 cm³/mol. The first-order chi connectivity index (χ1) is 12.6. The molecule has 0 saturated heterocycles. The van der Waals surface area contributed by atoms with Crippen molar-refractivity contribution in [2.24, 2.45) is 0 Å². The number of carbonyl (C=O) groups excluding carboxylic acids is 1. The van der Waals surface area contributed by atoms with E-state index in [4.69, 9.17) is 4.74 Å².